The summed E-state index contributed by atoms with van der Waals surface area (Å²) in [5, 5.41) is 40.3. The summed E-state index contributed by atoms with van der Waals surface area (Å²) in [6.45, 7) is 11.7. The Balaban J connectivity index is 1.31. The Morgan fingerprint density at radius 2 is 1.38 bits per heavy atom. The first-order valence-corrected chi connectivity index (χ1v) is 19.4. The number of hydrogen-bond donors (Lipinski definition) is 4. The first-order valence-electron chi connectivity index (χ1n) is 19.4. The lowest BCUT2D eigenvalue weighted by molar-refractivity contribution is -0.219. The van der Waals surface area contributed by atoms with Gasteiger partial charge in [0.15, 0.2) is 5.78 Å². The van der Waals surface area contributed by atoms with Crippen molar-refractivity contribution in [3.05, 3.63) is 131 Å². The molecule has 8 atom stereocenters. The van der Waals surface area contributed by atoms with Gasteiger partial charge in [0.1, 0.15) is 28.9 Å². The van der Waals surface area contributed by atoms with Crippen LogP contribution < -0.4 is 5.32 Å². The van der Waals surface area contributed by atoms with E-state index in [0.29, 0.717) is 11.1 Å². The summed E-state index contributed by atoms with van der Waals surface area (Å²) in [6.07, 6.45) is 1.24. The molecule has 1 amide bonds. The molecule has 4 aliphatic carbocycles. The molecular formula is C46H53NO9. The molecule has 0 radical (unpaired) electrons. The molecule has 2 fully saturated rings. The lowest BCUT2D eigenvalue weighted by atomic mass is 9.59. The zero-order valence-electron chi connectivity index (χ0n) is 33.1. The van der Waals surface area contributed by atoms with Crippen LogP contribution in [0, 0.1) is 29.1 Å². The van der Waals surface area contributed by atoms with Crippen LogP contribution in [0.15, 0.2) is 114 Å². The summed E-state index contributed by atoms with van der Waals surface area (Å²) in [7, 11) is 0. The third-order valence-corrected chi connectivity index (χ3v) is 12.9. The molecule has 4 aliphatic rings. The van der Waals surface area contributed by atoms with Crippen molar-refractivity contribution in [3.63, 3.8) is 0 Å². The topological polar surface area (TPSA) is 152 Å². The van der Waals surface area contributed by atoms with E-state index in [9.17, 15) is 29.7 Å². The Bertz CT molecular complexity index is 1960. The number of fused-ring (bicyclic) bond motifs is 5. The van der Waals surface area contributed by atoms with Crippen LogP contribution >= 0.6 is 0 Å². The molecular weight excluding hydrogens is 711 g/mol. The molecule has 2 saturated carbocycles. The third-order valence-electron chi connectivity index (χ3n) is 12.9. The van der Waals surface area contributed by atoms with Gasteiger partial charge in [0.25, 0.3) is 0 Å². The number of hydrogen-bond acceptors (Lipinski definition) is 9. The van der Waals surface area contributed by atoms with E-state index in [1.807, 2.05) is 111 Å². The van der Waals surface area contributed by atoms with Gasteiger partial charge in [0.2, 0.25) is 0 Å². The Morgan fingerprint density at radius 3 is 1.88 bits per heavy atom. The van der Waals surface area contributed by atoms with Crippen LogP contribution in [0.25, 0.3) is 0 Å². The molecule has 0 unspecified atom stereocenters. The van der Waals surface area contributed by atoms with Gasteiger partial charge in [0.05, 0.1) is 18.3 Å². The van der Waals surface area contributed by atoms with E-state index in [0.717, 1.165) is 16.7 Å². The number of benzene rings is 3. The largest absolute Gasteiger partial charge is 0.454 e. The maximum atomic E-state index is 14.0. The molecule has 0 heterocycles. The Hall–Kier alpha value is -4.61. The molecule has 0 saturated heterocycles. The molecule has 3 aromatic carbocycles. The summed E-state index contributed by atoms with van der Waals surface area (Å²) in [6, 6.07) is 29.6. The van der Waals surface area contributed by atoms with E-state index in [-0.39, 0.29) is 13.0 Å². The predicted molar refractivity (Wildman–Crippen MR) is 209 cm³/mol. The van der Waals surface area contributed by atoms with Crippen molar-refractivity contribution in [2.24, 2.45) is 29.1 Å². The number of alkyl carbamates (subject to hydrolysis) is 1. The highest BCUT2D eigenvalue weighted by molar-refractivity contribution is 6.04. The molecule has 0 bridgehead atoms. The Morgan fingerprint density at radius 1 is 0.857 bits per heavy atom. The lowest BCUT2D eigenvalue weighted by Crippen LogP contribution is -2.65. The minimum Gasteiger partial charge on any atom is -0.454 e. The number of aliphatic hydroxyl groups excluding tert-OH is 1. The Labute approximate surface area is 328 Å². The highest BCUT2D eigenvalue weighted by atomic mass is 16.6. The second-order valence-electron chi connectivity index (χ2n) is 17.6. The predicted octanol–water partition coefficient (Wildman–Crippen LogP) is 6.02. The van der Waals surface area contributed by atoms with Crippen molar-refractivity contribution in [2.75, 3.05) is 13.2 Å². The van der Waals surface area contributed by atoms with Crippen LogP contribution in [-0.2, 0) is 29.4 Å². The van der Waals surface area contributed by atoms with Crippen LogP contribution in [0.3, 0.4) is 0 Å². The average molecular weight is 764 g/mol. The standard InChI is InChI=1S/C46H53NO9/c1-28-23-35-43(52,38(28)49)25-30(27-54-45(31-17-11-8-12-18-31,32-19-13-9-14-20-32)33-21-15-10-16-22-33)24-34-37-42(6,7)46(37,39(50)29(2)44(34,35)53)55-36(48)26-47-40(51)56-41(3,4)5/h8-24,29,34-35,37,39,50,52-53H,25-27H2,1-7H3,(H,47,51)/t29-,34+,35-,37-,39-,43-,44-,46-/m1/s1. The van der Waals surface area contributed by atoms with Crippen LogP contribution in [0.5, 0.6) is 0 Å². The zero-order valence-corrected chi connectivity index (χ0v) is 33.1. The van der Waals surface area contributed by atoms with E-state index in [1.54, 1.807) is 40.7 Å². The van der Waals surface area contributed by atoms with Gasteiger partial charge < -0.3 is 34.8 Å². The van der Waals surface area contributed by atoms with Gasteiger partial charge in [-0.2, -0.15) is 0 Å². The number of esters is 1. The smallest absolute Gasteiger partial charge is 0.408 e. The van der Waals surface area contributed by atoms with Crippen molar-refractivity contribution in [1.29, 1.82) is 0 Å². The quantitative estimate of drug-likeness (QED) is 0.117. The Kier molecular flexibility index (Phi) is 9.76. The third kappa shape index (κ3) is 6.04. The normalized spacial score (nSPS) is 31.8. The molecule has 0 spiro atoms. The van der Waals surface area contributed by atoms with Gasteiger partial charge >= 0.3 is 12.1 Å². The number of nitrogens with one attached hydrogen (secondary N) is 1. The van der Waals surface area contributed by atoms with Crippen LogP contribution in [0.2, 0.25) is 0 Å². The molecule has 0 aromatic heterocycles. The number of carbonyl (C=O) groups is 3. The lowest BCUT2D eigenvalue weighted by Gasteiger charge is -2.52. The fourth-order valence-electron chi connectivity index (χ4n) is 10.3. The molecule has 10 nitrogen and oxygen atoms in total. The molecule has 0 aliphatic heterocycles. The first kappa shape index (κ1) is 39.6. The molecule has 4 N–H and O–H groups in total. The monoisotopic (exact) mass is 763 g/mol. The van der Waals surface area contributed by atoms with Crippen molar-refractivity contribution >= 4 is 17.8 Å². The van der Waals surface area contributed by atoms with Gasteiger partial charge in [-0.05, 0) is 55.5 Å². The van der Waals surface area contributed by atoms with Crippen molar-refractivity contribution in [2.45, 2.75) is 89.0 Å². The van der Waals surface area contributed by atoms with Crippen molar-refractivity contribution in [3.8, 4) is 0 Å². The summed E-state index contributed by atoms with van der Waals surface area (Å²) in [5.41, 5.74) is -4.54. The summed E-state index contributed by atoms with van der Waals surface area (Å²) in [5.74, 6) is -4.75. The number of carbonyl (C=O) groups excluding carboxylic acids is 3. The zero-order chi connectivity index (χ0) is 40.5. The van der Waals surface area contributed by atoms with E-state index in [2.05, 4.69) is 5.32 Å². The van der Waals surface area contributed by atoms with Crippen molar-refractivity contribution in [1.82, 2.24) is 5.32 Å². The van der Waals surface area contributed by atoms with Gasteiger partial charge in [-0.15, -0.1) is 0 Å². The summed E-state index contributed by atoms with van der Waals surface area (Å²) < 4.78 is 18.7. The number of ether oxygens (including phenoxy) is 3. The number of Topliss-reactive ketones (excluding diaryl/α,β-unsaturated/α-hetero) is 1. The fraction of sp³-hybridized carbons (Fsp3) is 0.457. The van der Waals surface area contributed by atoms with Crippen molar-refractivity contribution < 1.29 is 43.9 Å². The van der Waals surface area contributed by atoms with Crippen LogP contribution in [0.1, 0.15) is 71.6 Å². The van der Waals surface area contributed by atoms with Gasteiger partial charge in [-0.25, -0.2) is 4.79 Å². The van der Waals surface area contributed by atoms with Gasteiger partial charge in [-0.1, -0.05) is 124 Å². The highest BCUT2D eigenvalue weighted by Crippen LogP contribution is 2.76. The minimum atomic E-state index is -2.03. The van der Waals surface area contributed by atoms with Gasteiger partial charge in [0, 0.05) is 35.5 Å². The maximum Gasteiger partial charge on any atom is 0.408 e. The first-order chi connectivity index (χ1) is 26.3. The van der Waals surface area contributed by atoms with Crippen LogP contribution in [0.4, 0.5) is 4.79 Å². The van der Waals surface area contributed by atoms with E-state index in [4.69, 9.17) is 14.2 Å². The fourth-order valence-corrected chi connectivity index (χ4v) is 10.3. The number of amides is 1. The molecule has 10 heteroatoms. The molecule has 3 aromatic rings. The highest BCUT2D eigenvalue weighted by Gasteiger charge is 2.86. The maximum absolute atomic E-state index is 14.0. The second kappa shape index (κ2) is 13.8. The number of ketones is 1. The molecule has 7 rings (SSSR count). The molecule has 296 valence electrons. The minimum absolute atomic E-state index is 0.0384. The van der Waals surface area contributed by atoms with E-state index >= 15 is 0 Å². The molecule has 56 heavy (non-hydrogen) atoms. The van der Waals surface area contributed by atoms with E-state index in [1.165, 1.54) is 0 Å². The summed E-state index contributed by atoms with van der Waals surface area (Å²) in [4.78, 5) is 39.9. The number of rotatable bonds is 9. The van der Waals surface area contributed by atoms with Gasteiger partial charge in [-0.3, -0.25) is 9.59 Å². The van der Waals surface area contributed by atoms with Crippen LogP contribution in [-0.4, -0.2) is 74.8 Å². The summed E-state index contributed by atoms with van der Waals surface area (Å²) >= 11 is 0. The number of aliphatic hydroxyl groups is 3. The van der Waals surface area contributed by atoms with E-state index < -0.39 is 87.6 Å². The second-order valence-corrected chi connectivity index (χ2v) is 17.6. The average Bonchev–Trinajstić information content (AvgIpc) is 3.59. The SMILES string of the molecule is CC1=C[C@H]2[C@@]3(O)[C@H](C)[C@@H](O)[C@]4(OC(=O)CNC(=O)OC(C)(C)C)[C@H]([C@@H]3C=C(COC(c3ccccc3)(c3ccccc3)c3ccccc3)C[C@]2(O)C1=O)C4(C)C.